The molecule has 0 bridgehead atoms. The van der Waals surface area contributed by atoms with Gasteiger partial charge in [0.1, 0.15) is 5.76 Å². The summed E-state index contributed by atoms with van der Waals surface area (Å²) in [4.78, 5) is 14.6. The molecule has 1 aliphatic rings. The Morgan fingerprint density at radius 2 is 2.19 bits per heavy atom. The fourth-order valence-corrected chi connectivity index (χ4v) is 2.86. The summed E-state index contributed by atoms with van der Waals surface area (Å²) in [6.45, 7) is 4.56. The van der Waals surface area contributed by atoms with Crippen LogP contribution in [0.25, 0.3) is 0 Å². The Labute approximate surface area is 124 Å². The Morgan fingerprint density at radius 3 is 2.95 bits per heavy atom. The molecule has 1 N–H and O–H groups in total. The molecule has 0 saturated heterocycles. The highest BCUT2D eigenvalue weighted by Gasteiger charge is 2.32. The second kappa shape index (κ2) is 5.74. The lowest BCUT2D eigenvalue weighted by Gasteiger charge is -2.26. The predicted molar refractivity (Wildman–Crippen MR) is 82.1 cm³/mol. The van der Waals surface area contributed by atoms with Gasteiger partial charge in [-0.25, -0.2) is 0 Å². The monoisotopic (exact) mass is 284 g/mol. The number of carbonyl (C=O) groups is 1. The second-order valence-corrected chi connectivity index (χ2v) is 5.57. The summed E-state index contributed by atoms with van der Waals surface area (Å²) in [5.41, 5.74) is 2.29. The Kier molecular flexibility index (Phi) is 3.80. The van der Waals surface area contributed by atoms with E-state index in [1.807, 2.05) is 42.2 Å². The lowest BCUT2D eigenvalue weighted by atomic mass is 10.1. The number of furan rings is 1. The lowest BCUT2D eigenvalue weighted by molar-refractivity contribution is -0.120. The molecule has 0 saturated carbocycles. The van der Waals surface area contributed by atoms with Gasteiger partial charge in [-0.2, -0.15) is 0 Å². The van der Waals surface area contributed by atoms with E-state index in [0.29, 0.717) is 6.54 Å². The first kappa shape index (κ1) is 13.9. The molecule has 2 aromatic rings. The number of benzene rings is 1. The number of fused-ring (bicyclic) bond motifs is 1. The van der Waals surface area contributed by atoms with Gasteiger partial charge in [0.15, 0.2) is 0 Å². The number of nitrogens with one attached hydrogen (secondary N) is 1. The van der Waals surface area contributed by atoms with Crippen LogP contribution in [0.4, 0.5) is 5.69 Å². The molecular formula is C17H20N2O2. The first-order valence-electron chi connectivity index (χ1n) is 7.33. The minimum absolute atomic E-state index is 0.110. The summed E-state index contributed by atoms with van der Waals surface area (Å²) in [5, 5.41) is 3.23. The van der Waals surface area contributed by atoms with Crippen molar-refractivity contribution in [2.24, 2.45) is 0 Å². The molecule has 1 aromatic carbocycles. The highest BCUT2D eigenvalue weighted by Crippen LogP contribution is 2.32. The number of amides is 1. The van der Waals surface area contributed by atoms with Crippen LogP contribution in [-0.2, 0) is 17.8 Å². The first-order valence-corrected chi connectivity index (χ1v) is 7.33. The van der Waals surface area contributed by atoms with Crippen molar-refractivity contribution in [1.29, 1.82) is 0 Å². The van der Waals surface area contributed by atoms with Crippen molar-refractivity contribution in [3.8, 4) is 0 Å². The topological polar surface area (TPSA) is 45.5 Å². The van der Waals surface area contributed by atoms with Crippen LogP contribution in [0.2, 0.25) is 0 Å². The van der Waals surface area contributed by atoms with E-state index in [1.54, 1.807) is 6.26 Å². The normalized spacial score (nSPS) is 18.6. The highest BCUT2D eigenvalue weighted by molar-refractivity contribution is 5.99. The van der Waals surface area contributed by atoms with Crippen molar-refractivity contribution >= 4 is 11.6 Å². The van der Waals surface area contributed by atoms with Gasteiger partial charge < -0.3 is 9.32 Å². The Bertz CT molecular complexity index is 621. The second-order valence-electron chi connectivity index (χ2n) is 5.57. The smallest absolute Gasteiger partial charge is 0.244 e. The highest BCUT2D eigenvalue weighted by atomic mass is 16.3. The molecule has 4 heteroatoms. The molecule has 1 aromatic heterocycles. The van der Waals surface area contributed by atoms with E-state index < -0.39 is 0 Å². The van der Waals surface area contributed by atoms with Crippen molar-refractivity contribution in [1.82, 2.24) is 5.32 Å². The van der Waals surface area contributed by atoms with Gasteiger partial charge in [0, 0.05) is 11.7 Å². The summed E-state index contributed by atoms with van der Waals surface area (Å²) >= 11 is 0. The number of nitrogens with zero attached hydrogens (tertiary/aromatic N) is 1. The van der Waals surface area contributed by atoms with Gasteiger partial charge in [-0.1, -0.05) is 18.2 Å². The van der Waals surface area contributed by atoms with Crippen LogP contribution < -0.4 is 10.2 Å². The van der Waals surface area contributed by atoms with Gasteiger partial charge in [-0.05, 0) is 44.0 Å². The summed E-state index contributed by atoms with van der Waals surface area (Å²) in [6, 6.07) is 11.8. The maximum Gasteiger partial charge on any atom is 0.244 e. The maximum atomic E-state index is 12.7. The van der Waals surface area contributed by atoms with Gasteiger partial charge in [-0.15, -0.1) is 0 Å². The lowest BCUT2D eigenvalue weighted by Crippen LogP contribution is -2.47. The van der Waals surface area contributed by atoms with Crippen molar-refractivity contribution < 1.29 is 9.21 Å². The molecule has 2 heterocycles. The summed E-state index contributed by atoms with van der Waals surface area (Å²) < 4.78 is 5.28. The van der Waals surface area contributed by atoms with E-state index in [4.69, 9.17) is 4.42 Å². The van der Waals surface area contributed by atoms with Crippen LogP contribution in [0, 0.1) is 0 Å². The average molecular weight is 284 g/mol. The fraction of sp³-hybridized carbons (Fsp3) is 0.353. The molecule has 0 spiro atoms. The van der Waals surface area contributed by atoms with Gasteiger partial charge in [-0.3, -0.25) is 10.1 Å². The Morgan fingerprint density at radius 1 is 1.38 bits per heavy atom. The first-order chi connectivity index (χ1) is 10.2. The van der Waals surface area contributed by atoms with Crippen LogP contribution in [0.3, 0.4) is 0 Å². The van der Waals surface area contributed by atoms with Crippen LogP contribution in [-0.4, -0.2) is 18.0 Å². The fourth-order valence-electron chi connectivity index (χ4n) is 2.86. The zero-order valence-corrected chi connectivity index (χ0v) is 12.4. The molecule has 110 valence electrons. The minimum atomic E-state index is -0.247. The molecule has 0 aliphatic carbocycles. The number of para-hydroxylation sites is 1. The number of rotatable bonds is 4. The third kappa shape index (κ3) is 2.72. The number of hydrogen-bond acceptors (Lipinski definition) is 3. The van der Waals surface area contributed by atoms with E-state index in [-0.39, 0.29) is 18.0 Å². The van der Waals surface area contributed by atoms with Crippen molar-refractivity contribution in [3.63, 3.8) is 0 Å². The molecule has 2 atom stereocenters. The third-order valence-electron chi connectivity index (χ3n) is 3.98. The van der Waals surface area contributed by atoms with Crippen LogP contribution in [0.1, 0.15) is 25.2 Å². The molecule has 0 unspecified atom stereocenters. The Hall–Kier alpha value is -2.07. The number of hydrogen-bond donors (Lipinski definition) is 1. The van der Waals surface area contributed by atoms with E-state index in [0.717, 1.165) is 17.9 Å². The van der Waals surface area contributed by atoms with Crippen molar-refractivity contribution in [2.75, 3.05) is 4.90 Å². The van der Waals surface area contributed by atoms with Crippen LogP contribution >= 0.6 is 0 Å². The third-order valence-corrected chi connectivity index (χ3v) is 3.98. The van der Waals surface area contributed by atoms with E-state index in [9.17, 15) is 4.79 Å². The summed E-state index contributed by atoms with van der Waals surface area (Å²) in [5.74, 6) is 0.948. The molecular weight excluding hydrogens is 264 g/mol. The molecule has 4 nitrogen and oxygen atoms in total. The zero-order chi connectivity index (χ0) is 14.8. The van der Waals surface area contributed by atoms with Crippen molar-refractivity contribution in [2.45, 2.75) is 38.9 Å². The Balaban J connectivity index is 1.69. The number of carbonyl (C=O) groups excluding carboxylic acids is 1. The average Bonchev–Trinajstić information content (AvgIpc) is 3.10. The number of anilines is 1. The molecule has 21 heavy (non-hydrogen) atoms. The van der Waals surface area contributed by atoms with E-state index >= 15 is 0 Å². The molecule has 3 rings (SSSR count). The SMILES string of the molecule is C[C@H](NCc1ccco1)C(=O)N1c2ccccc2C[C@@H]1C. The molecule has 1 amide bonds. The van der Waals surface area contributed by atoms with E-state index in [2.05, 4.69) is 18.3 Å². The summed E-state index contributed by atoms with van der Waals surface area (Å²) in [7, 11) is 0. The zero-order valence-electron chi connectivity index (χ0n) is 12.4. The van der Waals surface area contributed by atoms with Crippen molar-refractivity contribution in [3.05, 3.63) is 54.0 Å². The predicted octanol–water partition coefficient (Wildman–Crippen LogP) is 2.74. The molecule has 0 fully saturated rings. The van der Waals surface area contributed by atoms with Gasteiger partial charge in [0.25, 0.3) is 0 Å². The summed E-state index contributed by atoms with van der Waals surface area (Å²) in [6.07, 6.45) is 2.56. The van der Waals surface area contributed by atoms with Crippen LogP contribution in [0.15, 0.2) is 47.1 Å². The standard InChI is InChI=1S/C17H20N2O2/c1-12-10-14-6-3-4-8-16(14)19(12)17(20)13(2)18-11-15-7-5-9-21-15/h3-9,12-13,18H,10-11H2,1-2H3/t12-,13-/m0/s1. The van der Waals surface area contributed by atoms with Gasteiger partial charge in [0.05, 0.1) is 18.8 Å². The van der Waals surface area contributed by atoms with Crippen LogP contribution in [0.5, 0.6) is 0 Å². The largest absolute Gasteiger partial charge is 0.468 e. The van der Waals surface area contributed by atoms with Gasteiger partial charge in [0.2, 0.25) is 5.91 Å². The molecule has 1 aliphatic heterocycles. The maximum absolute atomic E-state index is 12.7. The molecule has 0 radical (unpaired) electrons. The van der Waals surface area contributed by atoms with E-state index in [1.165, 1.54) is 5.56 Å². The quantitative estimate of drug-likeness (QED) is 0.939. The van der Waals surface area contributed by atoms with Gasteiger partial charge >= 0.3 is 0 Å². The minimum Gasteiger partial charge on any atom is -0.468 e.